The number of carbonyl (C=O) groups is 1. The summed E-state index contributed by atoms with van der Waals surface area (Å²) in [6.07, 6.45) is 2.38. The molecule has 0 fully saturated rings. The SMILES string of the molecule is Cc1cnc(C)c(-c2ccc3c(c2)C[C@@H](CNC(=O)c2c(C)noc2C)O3)n1. The molecule has 3 aromatic rings. The van der Waals surface area contributed by atoms with Crippen molar-refractivity contribution in [2.24, 2.45) is 0 Å². The van der Waals surface area contributed by atoms with Gasteiger partial charge in [-0.15, -0.1) is 0 Å². The maximum atomic E-state index is 12.4. The largest absolute Gasteiger partial charge is 0.488 e. The summed E-state index contributed by atoms with van der Waals surface area (Å²) in [5, 5.41) is 6.74. The predicted octanol–water partition coefficient (Wildman–Crippen LogP) is 3.10. The van der Waals surface area contributed by atoms with Gasteiger partial charge in [-0.3, -0.25) is 9.78 Å². The van der Waals surface area contributed by atoms with Crippen molar-refractivity contribution in [1.29, 1.82) is 0 Å². The number of aromatic nitrogens is 3. The lowest BCUT2D eigenvalue weighted by molar-refractivity contribution is 0.0931. The Morgan fingerprint density at radius 1 is 1.21 bits per heavy atom. The van der Waals surface area contributed by atoms with Gasteiger partial charge in [0.05, 0.1) is 29.3 Å². The Hall–Kier alpha value is -3.22. The molecule has 28 heavy (non-hydrogen) atoms. The van der Waals surface area contributed by atoms with Crippen LogP contribution in [0.2, 0.25) is 0 Å². The predicted molar refractivity (Wildman–Crippen MR) is 103 cm³/mol. The van der Waals surface area contributed by atoms with Crippen molar-refractivity contribution in [3.05, 3.63) is 58.4 Å². The van der Waals surface area contributed by atoms with Crippen LogP contribution in [0.15, 0.2) is 28.9 Å². The smallest absolute Gasteiger partial charge is 0.256 e. The molecule has 0 unspecified atom stereocenters. The maximum absolute atomic E-state index is 12.4. The van der Waals surface area contributed by atoms with Crippen LogP contribution in [-0.2, 0) is 6.42 Å². The van der Waals surface area contributed by atoms with Crippen LogP contribution in [0.5, 0.6) is 5.75 Å². The van der Waals surface area contributed by atoms with Crippen LogP contribution in [0.25, 0.3) is 11.3 Å². The molecule has 7 heteroatoms. The van der Waals surface area contributed by atoms with E-state index in [-0.39, 0.29) is 12.0 Å². The Morgan fingerprint density at radius 3 is 2.79 bits per heavy atom. The third-order valence-corrected chi connectivity index (χ3v) is 4.90. The molecule has 1 aliphatic heterocycles. The van der Waals surface area contributed by atoms with Gasteiger partial charge in [-0.05, 0) is 51.5 Å². The van der Waals surface area contributed by atoms with E-state index in [1.807, 2.05) is 26.0 Å². The van der Waals surface area contributed by atoms with Crippen molar-refractivity contribution in [3.8, 4) is 17.0 Å². The van der Waals surface area contributed by atoms with Crippen molar-refractivity contribution in [1.82, 2.24) is 20.4 Å². The summed E-state index contributed by atoms with van der Waals surface area (Å²) in [6, 6.07) is 6.06. The van der Waals surface area contributed by atoms with Crippen LogP contribution < -0.4 is 10.1 Å². The van der Waals surface area contributed by atoms with E-state index in [1.54, 1.807) is 20.0 Å². The first-order valence-corrected chi connectivity index (χ1v) is 9.23. The van der Waals surface area contributed by atoms with Crippen LogP contribution in [0, 0.1) is 27.7 Å². The highest BCUT2D eigenvalue weighted by molar-refractivity contribution is 5.96. The number of fused-ring (bicyclic) bond motifs is 1. The van der Waals surface area contributed by atoms with Crippen LogP contribution >= 0.6 is 0 Å². The fourth-order valence-electron chi connectivity index (χ4n) is 3.49. The molecular weight excluding hydrogens is 356 g/mol. The molecule has 1 aromatic carbocycles. The molecule has 0 aliphatic carbocycles. The topological polar surface area (TPSA) is 90.1 Å². The van der Waals surface area contributed by atoms with Gasteiger partial charge in [-0.1, -0.05) is 5.16 Å². The fraction of sp³-hybridized carbons (Fsp3) is 0.333. The Kier molecular flexibility index (Phi) is 4.58. The van der Waals surface area contributed by atoms with E-state index in [9.17, 15) is 4.79 Å². The zero-order valence-corrected chi connectivity index (χ0v) is 16.4. The van der Waals surface area contributed by atoms with Crippen LogP contribution in [-0.4, -0.2) is 33.7 Å². The Morgan fingerprint density at radius 2 is 2.04 bits per heavy atom. The van der Waals surface area contributed by atoms with Gasteiger partial charge in [0, 0.05) is 18.2 Å². The zero-order valence-electron chi connectivity index (χ0n) is 16.4. The van der Waals surface area contributed by atoms with E-state index in [2.05, 4.69) is 26.5 Å². The molecule has 2 aromatic heterocycles. The van der Waals surface area contributed by atoms with Crippen molar-refractivity contribution in [2.75, 3.05) is 6.54 Å². The van der Waals surface area contributed by atoms with Gasteiger partial charge in [-0.25, -0.2) is 4.98 Å². The summed E-state index contributed by atoms with van der Waals surface area (Å²) < 4.78 is 11.0. The molecule has 0 saturated heterocycles. The Bertz CT molecular complexity index is 1040. The highest BCUT2D eigenvalue weighted by Crippen LogP contribution is 2.33. The van der Waals surface area contributed by atoms with Crippen LogP contribution in [0.4, 0.5) is 0 Å². The Labute approximate surface area is 163 Å². The van der Waals surface area contributed by atoms with Gasteiger partial charge in [0.25, 0.3) is 5.91 Å². The summed E-state index contributed by atoms with van der Waals surface area (Å²) in [6.45, 7) is 7.79. The monoisotopic (exact) mass is 378 g/mol. The van der Waals surface area contributed by atoms with Gasteiger partial charge in [0.2, 0.25) is 0 Å². The van der Waals surface area contributed by atoms with Crippen molar-refractivity contribution in [3.63, 3.8) is 0 Å². The molecule has 1 atom stereocenters. The molecule has 0 saturated carbocycles. The summed E-state index contributed by atoms with van der Waals surface area (Å²) in [5.74, 6) is 1.17. The van der Waals surface area contributed by atoms with Gasteiger partial charge in [-0.2, -0.15) is 0 Å². The average molecular weight is 378 g/mol. The lowest BCUT2D eigenvalue weighted by Gasteiger charge is -2.11. The second kappa shape index (κ2) is 7.07. The summed E-state index contributed by atoms with van der Waals surface area (Å²) in [5.41, 5.74) is 5.88. The normalized spacial score (nSPS) is 15.2. The molecule has 0 spiro atoms. The molecule has 1 amide bonds. The number of hydrogen-bond donors (Lipinski definition) is 1. The third kappa shape index (κ3) is 3.35. The fourth-order valence-corrected chi connectivity index (χ4v) is 3.49. The number of rotatable bonds is 4. The molecule has 7 nitrogen and oxygen atoms in total. The first-order chi connectivity index (χ1) is 13.4. The number of carbonyl (C=O) groups excluding carboxylic acids is 1. The van der Waals surface area contributed by atoms with Crippen LogP contribution in [0.3, 0.4) is 0 Å². The molecule has 144 valence electrons. The molecule has 1 aliphatic rings. The minimum atomic E-state index is -0.192. The molecule has 0 radical (unpaired) electrons. The van der Waals surface area contributed by atoms with Crippen molar-refractivity contribution >= 4 is 5.91 Å². The summed E-state index contributed by atoms with van der Waals surface area (Å²) in [7, 11) is 0. The number of aryl methyl sites for hydroxylation is 4. The summed E-state index contributed by atoms with van der Waals surface area (Å²) in [4.78, 5) is 21.4. The number of ether oxygens (including phenoxy) is 1. The quantitative estimate of drug-likeness (QED) is 0.750. The van der Waals surface area contributed by atoms with Crippen molar-refractivity contribution in [2.45, 2.75) is 40.2 Å². The summed E-state index contributed by atoms with van der Waals surface area (Å²) >= 11 is 0. The minimum absolute atomic E-state index is 0.112. The standard InChI is InChI=1S/C21H22N4O3/c1-11-9-22-13(3)20(24-11)15-5-6-18-16(7-15)8-17(27-18)10-23-21(26)19-12(2)25-28-14(19)4/h5-7,9,17H,8,10H2,1-4H3,(H,23,26)/t17-/m0/s1. The first kappa shape index (κ1) is 18.2. The number of benzene rings is 1. The highest BCUT2D eigenvalue weighted by atomic mass is 16.5. The van der Waals surface area contributed by atoms with Crippen molar-refractivity contribution < 1.29 is 14.1 Å². The highest BCUT2D eigenvalue weighted by Gasteiger charge is 2.25. The zero-order chi connectivity index (χ0) is 19.8. The number of hydrogen-bond acceptors (Lipinski definition) is 6. The van der Waals surface area contributed by atoms with Crippen LogP contribution in [0.1, 0.15) is 38.8 Å². The van der Waals surface area contributed by atoms with E-state index in [0.29, 0.717) is 23.6 Å². The second-order valence-corrected chi connectivity index (χ2v) is 7.12. The van der Waals surface area contributed by atoms with E-state index >= 15 is 0 Å². The average Bonchev–Trinajstić information content (AvgIpc) is 3.23. The molecular formula is C21H22N4O3. The molecule has 3 heterocycles. The number of nitrogens with zero attached hydrogens (tertiary/aromatic N) is 3. The molecule has 4 rings (SSSR count). The number of amides is 1. The van der Waals surface area contributed by atoms with E-state index in [4.69, 9.17) is 9.26 Å². The third-order valence-electron chi connectivity index (χ3n) is 4.90. The Balaban J connectivity index is 1.45. The maximum Gasteiger partial charge on any atom is 0.256 e. The van der Waals surface area contributed by atoms with E-state index in [1.165, 1.54) is 0 Å². The lowest BCUT2D eigenvalue weighted by Crippen LogP contribution is -2.34. The molecule has 0 bridgehead atoms. The van der Waals surface area contributed by atoms with Gasteiger partial charge >= 0.3 is 0 Å². The van der Waals surface area contributed by atoms with Gasteiger partial charge in [0.15, 0.2) is 0 Å². The first-order valence-electron chi connectivity index (χ1n) is 9.23. The van der Waals surface area contributed by atoms with E-state index in [0.717, 1.165) is 40.4 Å². The van der Waals surface area contributed by atoms with E-state index < -0.39 is 0 Å². The van der Waals surface area contributed by atoms with Gasteiger partial charge in [0.1, 0.15) is 23.2 Å². The lowest BCUT2D eigenvalue weighted by atomic mass is 10.0. The second-order valence-electron chi connectivity index (χ2n) is 7.12. The molecule has 1 N–H and O–H groups in total. The van der Waals surface area contributed by atoms with Gasteiger partial charge < -0.3 is 14.6 Å². The minimum Gasteiger partial charge on any atom is -0.488 e. The number of nitrogens with one attached hydrogen (secondary N) is 1.